The first-order valence-corrected chi connectivity index (χ1v) is 7.45. The molecule has 2 aromatic carbocycles. The number of hydrogen-bond donors (Lipinski definition) is 1. The molecule has 0 aliphatic carbocycles. The molecule has 3 aromatic rings. The highest BCUT2D eigenvalue weighted by atomic mass is 19.3. The van der Waals surface area contributed by atoms with Crippen molar-refractivity contribution >= 4 is 5.97 Å². The van der Waals surface area contributed by atoms with Crippen LogP contribution in [0, 0.1) is 0 Å². The Balaban J connectivity index is 1.96. The van der Waals surface area contributed by atoms with Gasteiger partial charge in [-0.25, -0.2) is 13.6 Å². The Kier molecular flexibility index (Phi) is 4.31. The first kappa shape index (κ1) is 16.8. The predicted molar refractivity (Wildman–Crippen MR) is 85.5 cm³/mol. The maximum absolute atomic E-state index is 13.3. The van der Waals surface area contributed by atoms with Gasteiger partial charge in [0.05, 0.1) is 5.56 Å². The monoisotopic (exact) mass is 344 g/mol. The molecule has 0 radical (unpaired) electrons. The molecular formula is C18H14F2N2O3. The van der Waals surface area contributed by atoms with E-state index in [0.717, 1.165) is 24.4 Å². The first-order valence-electron chi connectivity index (χ1n) is 7.45. The molecule has 25 heavy (non-hydrogen) atoms. The van der Waals surface area contributed by atoms with Crippen LogP contribution in [-0.4, -0.2) is 21.2 Å². The van der Waals surface area contributed by atoms with Gasteiger partial charge in [0, 0.05) is 18.1 Å². The van der Waals surface area contributed by atoms with Crippen molar-refractivity contribution in [3.05, 3.63) is 71.1 Å². The number of carboxylic acids is 1. The molecule has 0 aliphatic rings. The fourth-order valence-electron chi connectivity index (χ4n) is 2.50. The third-order valence-corrected chi connectivity index (χ3v) is 3.81. The highest BCUT2D eigenvalue weighted by Gasteiger charge is 2.23. The lowest BCUT2D eigenvalue weighted by atomic mass is 9.96. The second kappa shape index (κ2) is 6.43. The number of rotatable bonds is 5. The van der Waals surface area contributed by atoms with Crippen molar-refractivity contribution in [1.29, 1.82) is 0 Å². The summed E-state index contributed by atoms with van der Waals surface area (Å²) < 4.78 is 31.3. The molecule has 0 atom stereocenters. The largest absolute Gasteiger partial charge is 0.478 e. The van der Waals surface area contributed by atoms with Gasteiger partial charge in [0.2, 0.25) is 12.2 Å². The van der Waals surface area contributed by atoms with Crippen LogP contribution in [-0.2, 0) is 12.3 Å². The number of alkyl halides is 2. The zero-order valence-electron chi connectivity index (χ0n) is 13.2. The molecule has 7 heteroatoms. The molecule has 0 saturated heterocycles. The molecule has 0 aliphatic heterocycles. The summed E-state index contributed by atoms with van der Waals surface area (Å²) >= 11 is 0. The van der Waals surface area contributed by atoms with Crippen LogP contribution >= 0.6 is 0 Å². The minimum atomic E-state index is -2.89. The summed E-state index contributed by atoms with van der Waals surface area (Å²) in [7, 11) is 0. The van der Waals surface area contributed by atoms with Crippen molar-refractivity contribution in [3.8, 4) is 11.4 Å². The molecule has 3 rings (SSSR count). The van der Waals surface area contributed by atoms with Crippen molar-refractivity contribution in [2.24, 2.45) is 0 Å². The van der Waals surface area contributed by atoms with Crippen LogP contribution in [0.4, 0.5) is 8.78 Å². The molecule has 0 unspecified atom stereocenters. The van der Waals surface area contributed by atoms with E-state index in [-0.39, 0.29) is 17.0 Å². The molecule has 5 nitrogen and oxygen atoms in total. The van der Waals surface area contributed by atoms with E-state index < -0.39 is 11.9 Å². The van der Waals surface area contributed by atoms with E-state index in [0.29, 0.717) is 12.0 Å². The Morgan fingerprint density at radius 3 is 2.48 bits per heavy atom. The van der Waals surface area contributed by atoms with Crippen LogP contribution in [0.25, 0.3) is 11.4 Å². The second-order valence-electron chi connectivity index (χ2n) is 5.69. The Hall–Kier alpha value is -3.09. The maximum atomic E-state index is 13.3. The van der Waals surface area contributed by atoms with Crippen LogP contribution in [0.5, 0.6) is 0 Å². The lowest BCUT2D eigenvalue weighted by Crippen LogP contribution is -2.06. The van der Waals surface area contributed by atoms with Crippen LogP contribution in [0.2, 0.25) is 0 Å². The third-order valence-electron chi connectivity index (χ3n) is 3.81. The Bertz CT molecular complexity index is 886. The van der Waals surface area contributed by atoms with Crippen LogP contribution < -0.4 is 0 Å². The van der Waals surface area contributed by atoms with Gasteiger partial charge in [-0.05, 0) is 29.7 Å². The summed E-state index contributed by atoms with van der Waals surface area (Å²) in [4.78, 5) is 15.2. The predicted octanol–water partition coefficient (Wildman–Crippen LogP) is 4.14. The molecule has 1 aromatic heterocycles. The summed E-state index contributed by atoms with van der Waals surface area (Å²) in [6.45, 7) is 0.848. The van der Waals surface area contributed by atoms with Gasteiger partial charge in [0.1, 0.15) is 0 Å². The summed E-state index contributed by atoms with van der Waals surface area (Å²) in [5.41, 5.74) is 2.14. The van der Waals surface area contributed by atoms with Gasteiger partial charge in [-0.1, -0.05) is 35.5 Å². The van der Waals surface area contributed by atoms with Crippen molar-refractivity contribution in [2.75, 3.05) is 0 Å². The quantitative estimate of drug-likeness (QED) is 0.753. The Labute approximate surface area is 141 Å². The van der Waals surface area contributed by atoms with Crippen LogP contribution in [0.3, 0.4) is 0 Å². The molecular weight excluding hydrogens is 330 g/mol. The number of carboxylic acid groups (broad SMARTS) is 1. The van der Waals surface area contributed by atoms with E-state index in [1.54, 1.807) is 18.2 Å². The SMILES string of the molecule is CC(F)(F)c1ccc(Cc2ccc(C(=O)O)cc2-c2ncon2)cc1. The van der Waals surface area contributed by atoms with Crippen molar-refractivity contribution < 1.29 is 23.2 Å². The van der Waals surface area contributed by atoms with Gasteiger partial charge in [-0.3, -0.25) is 0 Å². The average Bonchev–Trinajstić information content (AvgIpc) is 3.09. The minimum absolute atomic E-state index is 0.0594. The topological polar surface area (TPSA) is 76.2 Å². The summed E-state index contributed by atoms with van der Waals surface area (Å²) in [5.74, 6) is -3.68. The van der Waals surface area contributed by atoms with E-state index in [9.17, 15) is 13.6 Å². The number of hydrogen-bond acceptors (Lipinski definition) is 4. The smallest absolute Gasteiger partial charge is 0.335 e. The second-order valence-corrected chi connectivity index (χ2v) is 5.69. The zero-order chi connectivity index (χ0) is 18.0. The van der Waals surface area contributed by atoms with Crippen LogP contribution in [0.15, 0.2) is 53.4 Å². The van der Waals surface area contributed by atoms with Crippen molar-refractivity contribution in [2.45, 2.75) is 19.3 Å². The van der Waals surface area contributed by atoms with Gasteiger partial charge in [0.25, 0.3) is 5.92 Å². The fraction of sp³-hybridized carbons (Fsp3) is 0.167. The van der Waals surface area contributed by atoms with E-state index in [2.05, 4.69) is 10.1 Å². The van der Waals surface area contributed by atoms with Gasteiger partial charge in [0.15, 0.2) is 0 Å². The van der Waals surface area contributed by atoms with Gasteiger partial charge >= 0.3 is 5.97 Å². The average molecular weight is 344 g/mol. The molecule has 0 spiro atoms. The molecule has 1 N–H and O–H groups in total. The highest BCUT2D eigenvalue weighted by Crippen LogP contribution is 2.28. The molecule has 0 fully saturated rings. The van der Waals surface area contributed by atoms with Crippen molar-refractivity contribution in [1.82, 2.24) is 10.1 Å². The lowest BCUT2D eigenvalue weighted by molar-refractivity contribution is 0.0174. The summed E-state index contributed by atoms with van der Waals surface area (Å²) in [6, 6.07) is 10.6. The zero-order valence-corrected chi connectivity index (χ0v) is 13.2. The highest BCUT2D eigenvalue weighted by molar-refractivity contribution is 5.89. The number of aromatic carboxylic acids is 1. The molecule has 128 valence electrons. The minimum Gasteiger partial charge on any atom is -0.478 e. The number of halogens is 2. The van der Waals surface area contributed by atoms with E-state index in [4.69, 9.17) is 9.63 Å². The summed E-state index contributed by atoms with van der Waals surface area (Å²) in [6.07, 6.45) is 1.57. The van der Waals surface area contributed by atoms with E-state index in [1.807, 2.05) is 0 Å². The maximum Gasteiger partial charge on any atom is 0.335 e. The lowest BCUT2D eigenvalue weighted by Gasteiger charge is -2.12. The normalized spacial score (nSPS) is 11.5. The number of aromatic nitrogens is 2. The third kappa shape index (κ3) is 3.71. The number of nitrogens with zero attached hydrogens (tertiary/aromatic N) is 2. The van der Waals surface area contributed by atoms with Gasteiger partial charge < -0.3 is 9.63 Å². The van der Waals surface area contributed by atoms with Crippen molar-refractivity contribution in [3.63, 3.8) is 0 Å². The molecule has 1 heterocycles. The number of carbonyl (C=O) groups is 1. The van der Waals surface area contributed by atoms with Gasteiger partial charge in [-0.2, -0.15) is 4.98 Å². The Morgan fingerprint density at radius 1 is 1.20 bits per heavy atom. The number of benzene rings is 2. The first-order chi connectivity index (χ1) is 11.8. The van der Waals surface area contributed by atoms with Gasteiger partial charge in [-0.15, -0.1) is 0 Å². The summed E-state index contributed by atoms with van der Waals surface area (Å²) in [5, 5.41) is 12.9. The molecule has 0 bridgehead atoms. The van der Waals surface area contributed by atoms with E-state index in [1.165, 1.54) is 24.3 Å². The van der Waals surface area contributed by atoms with Crippen LogP contribution in [0.1, 0.15) is 34.0 Å². The van der Waals surface area contributed by atoms with E-state index >= 15 is 0 Å². The Morgan fingerprint density at radius 2 is 1.92 bits per heavy atom. The fourth-order valence-corrected chi connectivity index (χ4v) is 2.50. The standard InChI is InChI=1S/C18H14F2N2O3/c1-18(19,20)14-6-2-11(3-7-14)8-12-4-5-13(17(23)24)9-15(12)16-21-10-25-22-16/h2-7,9-10H,8H2,1H3,(H,23,24). The molecule has 0 amide bonds. The molecule has 0 saturated carbocycles.